The maximum absolute atomic E-state index is 12.0. The molecule has 0 radical (unpaired) electrons. The summed E-state index contributed by atoms with van der Waals surface area (Å²) in [6.07, 6.45) is 6.00. The van der Waals surface area contributed by atoms with Gasteiger partial charge in [0.25, 0.3) is 0 Å². The highest BCUT2D eigenvalue weighted by Gasteiger charge is 2.45. The molecule has 4 atom stereocenters. The van der Waals surface area contributed by atoms with Gasteiger partial charge in [0, 0.05) is 5.92 Å². The molecule has 2 rings (SSSR count). The van der Waals surface area contributed by atoms with Crippen molar-refractivity contribution in [1.82, 2.24) is 0 Å². The summed E-state index contributed by atoms with van der Waals surface area (Å²) in [5.41, 5.74) is 1.04. The minimum absolute atomic E-state index is 0.0585. The van der Waals surface area contributed by atoms with E-state index in [1.807, 2.05) is 6.08 Å². The first kappa shape index (κ1) is 12.6. The first-order valence-electron chi connectivity index (χ1n) is 6.48. The van der Waals surface area contributed by atoms with Crippen molar-refractivity contribution in [2.75, 3.05) is 0 Å². The van der Waals surface area contributed by atoms with Gasteiger partial charge in [0.2, 0.25) is 0 Å². The van der Waals surface area contributed by atoms with Crippen molar-refractivity contribution in [3.05, 3.63) is 23.8 Å². The number of aliphatic hydroxyl groups excluding tert-OH is 1. The summed E-state index contributed by atoms with van der Waals surface area (Å²) in [6.45, 7) is 8.46. The topological polar surface area (TPSA) is 37.3 Å². The molecular formula is C15H22O2. The first-order chi connectivity index (χ1) is 7.86. The molecule has 0 spiro atoms. The lowest BCUT2D eigenvalue weighted by atomic mass is 9.58. The molecule has 0 aliphatic heterocycles. The van der Waals surface area contributed by atoms with E-state index in [1.54, 1.807) is 12.2 Å². The van der Waals surface area contributed by atoms with Gasteiger partial charge in [-0.2, -0.15) is 0 Å². The molecule has 2 aliphatic rings. The van der Waals surface area contributed by atoms with Crippen molar-refractivity contribution in [3.8, 4) is 0 Å². The number of carbonyl (C=O) groups excluding carboxylic acids is 1. The van der Waals surface area contributed by atoms with Crippen LogP contribution in [0.1, 0.15) is 34.1 Å². The summed E-state index contributed by atoms with van der Waals surface area (Å²) in [7, 11) is 0. The van der Waals surface area contributed by atoms with Gasteiger partial charge in [-0.05, 0) is 35.3 Å². The molecule has 17 heavy (non-hydrogen) atoms. The van der Waals surface area contributed by atoms with Crippen molar-refractivity contribution in [3.63, 3.8) is 0 Å². The molecule has 4 unspecified atom stereocenters. The van der Waals surface area contributed by atoms with E-state index in [0.29, 0.717) is 5.92 Å². The van der Waals surface area contributed by atoms with Gasteiger partial charge < -0.3 is 5.11 Å². The summed E-state index contributed by atoms with van der Waals surface area (Å²) in [5.74, 6) is 0.895. The molecule has 0 saturated heterocycles. The molecule has 0 aromatic heterocycles. The summed E-state index contributed by atoms with van der Waals surface area (Å²) >= 11 is 0. The summed E-state index contributed by atoms with van der Waals surface area (Å²) in [4.78, 5) is 12.0. The smallest absolute Gasteiger partial charge is 0.159 e. The molecule has 2 aliphatic carbocycles. The van der Waals surface area contributed by atoms with Crippen LogP contribution in [-0.2, 0) is 4.79 Å². The van der Waals surface area contributed by atoms with Crippen molar-refractivity contribution in [2.24, 2.45) is 23.2 Å². The summed E-state index contributed by atoms with van der Waals surface area (Å²) in [6, 6.07) is 0. The number of allylic oxidation sites excluding steroid dienone is 3. The Hall–Kier alpha value is -0.890. The fourth-order valence-electron chi connectivity index (χ4n) is 3.10. The van der Waals surface area contributed by atoms with E-state index in [-0.39, 0.29) is 23.0 Å². The number of ketones is 1. The van der Waals surface area contributed by atoms with Crippen LogP contribution in [0.2, 0.25) is 0 Å². The van der Waals surface area contributed by atoms with Gasteiger partial charge in [-0.25, -0.2) is 0 Å². The van der Waals surface area contributed by atoms with Gasteiger partial charge in [0.1, 0.15) is 0 Å². The fraction of sp³-hybridized carbons (Fsp3) is 0.667. The number of hydrogen-bond donors (Lipinski definition) is 1. The van der Waals surface area contributed by atoms with Gasteiger partial charge in [-0.3, -0.25) is 4.79 Å². The van der Waals surface area contributed by atoms with Gasteiger partial charge in [-0.1, -0.05) is 39.8 Å². The summed E-state index contributed by atoms with van der Waals surface area (Å²) in [5, 5.41) is 9.97. The second-order valence-corrected chi connectivity index (χ2v) is 6.11. The largest absolute Gasteiger partial charge is 0.389 e. The highest BCUT2D eigenvalue weighted by molar-refractivity contribution is 5.94. The van der Waals surface area contributed by atoms with Crippen molar-refractivity contribution in [2.45, 2.75) is 40.2 Å². The van der Waals surface area contributed by atoms with E-state index in [9.17, 15) is 9.90 Å². The second kappa shape index (κ2) is 4.09. The summed E-state index contributed by atoms with van der Waals surface area (Å²) < 4.78 is 0. The first-order valence-corrected chi connectivity index (χ1v) is 6.48. The van der Waals surface area contributed by atoms with Crippen LogP contribution in [0.3, 0.4) is 0 Å². The highest BCUT2D eigenvalue weighted by Crippen LogP contribution is 2.50. The van der Waals surface area contributed by atoms with E-state index < -0.39 is 6.10 Å². The van der Waals surface area contributed by atoms with Gasteiger partial charge in [0.05, 0.1) is 6.10 Å². The zero-order chi connectivity index (χ0) is 12.8. The van der Waals surface area contributed by atoms with Crippen LogP contribution in [0.5, 0.6) is 0 Å². The zero-order valence-corrected chi connectivity index (χ0v) is 11.1. The molecule has 0 aromatic rings. The molecule has 0 saturated carbocycles. The average molecular weight is 234 g/mol. The van der Waals surface area contributed by atoms with E-state index >= 15 is 0 Å². The Balaban J connectivity index is 2.43. The van der Waals surface area contributed by atoms with Crippen LogP contribution in [0.25, 0.3) is 0 Å². The van der Waals surface area contributed by atoms with Crippen molar-refractivity contribution in [1.29, 1.82) is 0 Å². The fourth-order valence-corrected chi connectivity index (χ4v) is 3.10. The quantitative estimate of drug-likeness (QED) is 0.757. The minimum atomic E-state index is -0.391. The monoisotopic (exact) mass is 234 g/mol. The maximum Gasteiger partial charge on any atom is 0.159 e. The van der Waals surface area contributed by atoms with E-state index in [4.69, 9.17) is 0 Å². The number of fused-ring (bicyclic) bond motifs is 1. The Morgan fingerprint density at radius 2 is 2.12 bits per heavy atom. The predicted molar refractivity (Wildman–Crippen MR) is 68.5 cm³/mol. The van der Waals surface area contributed by atoms with Gasteiger partial charge in [0.15, 0.2) is 5.78 Å². The van der Waals surface area contributed by atoms with Crippen LogP contribution >= 0.6 is 0 Å². The second-order valence-electron chi connectivity index (χ2n) is 6.11. The van der Waals surface area contributed by atoms with E-state index in [0.717, 1.165) is 12.0 Å². The molecule has 1 N–H and O–H groups in total. The third kappa shape index (κ3) is 1.89. The predicted octanol–water partition coefficient (Wildman–Crippen LogP) is 2.73. The van der Waals surface area contributed by atoms with E-state index in [2.05, 4.69) is 27.7 Å². The van der Waals surface area contributed by atoms with Crippen LogP contribution in [0.15, 0.2) is 23.8 Å². The molecule has 94 valence electrons. The Kier molecular flexibility index (Phi) is 3.03. The molecule has 0 amide bonds. The average Bonchev–Trinajstić information content (AvgIpc) is 2.26. The zero-order valence-electron chi connectivity index (χ0n) is 11.1. The number of hydrogen-bond acceptors (Lipinski definition) is 2. The van der Waals surface area contributed by atoms with Gasteiger partial charge in [-0.15, -0.1) is 0 Å². The number of aliphatic hydroxyl groups is 1. The minimum Gasteiger partial charge on any atom is -0.389 e. The molecule has 2 heteroatoms. The Morgan fingerprint density at radius 1 is 1.47 bits per heavy atom. The molecule has 0 heterocycles. The molecular weight excluding hydrogens is 212 g/mol. The third-order valence-electron chi connectivity index (χ3n) is 4.76. The lowest BCUT2D eigenvalue weighted by Gasteiger charge is -2.46. The Morgan fingerprint density at radius 3 is 2.71 bits per heavy atom. The Bertz CT molecular complexity index is 392. The lowest BCUT2D eigenvalue weighted by Crippen LogP contribution is -2.43. The van der Waals surface area contributed by atoms with Crippen LogP contribution in [0.4, 0.5) is 0 Å². The van der Waals surface area contributed by atoms with Crippen molar-refractivity contribution < 1.29 is 9.90 Å². The number of carbonyl (C=O) groups is 1. The van der Waals surface area contributed by atoms with Crippen LogP contribution < -0.4 is 0 Å². The molecule has 0 fully saturated rings. The normalized spacial score (nSPS) is 41.4. The molecule has 0 aromatic carbocycles. The standard InChI is InChI=1S/C15H22O2/c1-9(2)12-8-15(4)10(3)13(16)6-5-11(15)7-14(12)17/h5-7,9-10,12-13,16H,8H2,1-4H3. The van der Waals surface area contributed by atoms with Gasteiger partial charge >= 0.3 is 0 Å². The number of rotatable bonds is 1. The molecule has 0 bridgehead atoms. The van der Waals surface area contributed by atoms with Crippen LogP contribution in [0, 0.1) is 23.2 Å². The van der Waals surface area contributed by atoms with Crippen LogP contribution in [-0.4, -0.2) is 17.0 Å². The Labute approximate surface area is 103 Å². The highest BCUT2D eigenvalue weighted by atomic mass is 16.3. The van der Waals surface area contributed by atoms with Crippen molar-refractivity contribution >= 4 is 5.78 Å². The van der Waals surface area contributed by atoms with E-state index in [1.165, 1.54) is 0 Å². The lowest BCUT2D eigenvalue weighted by molar-refractivity contribution is -0.122. The SMILES string of the molecule is CC(C)C1CC2(C)C(=CC1=O)C=CC(O)C2C. The molecule has 2 nitrogen and oxygen atoms in total. The third-order valence-corrected chi connectivity index (χ3v) is 4.76. The maximum atomic E-state index is 12.0.